The van der Waals surface area contributed by atoms with Crippen molar-refractivity contribution in [2.45, 2.75) is 18.8 Å². The lowest BCUT2D eigenvalue weighted by atomic mass is 9.92. The number of nitrogens with one attached hydrogen (secondary N) is 2. The minimum Gasteiger partial charge on any atom is -0.406 e. The Bertz CT molecular complexity index is 1080. The lowest BCUT2D eigenvalue weighted by Crippen LogP contribution is -2.42. The number of nitrogens with zero attached hydrogens (tertiary/aromatic N) is 2. The monoisotopic (exact) mass is 432 g/mol. The van der Waals surface area contributed by atoms with Crippen LogP contribution in [0.1, 0.15) is 18.1 Å². The molecule has 0 bridgehead atoms. The zero-order valence-corrected chi connectivity index (χ0v) is 16.0. The van der Waals surface area contributed by atoms with Gasteiger partial charge in [0.1, 0.15) is 17.8 Å². The molecule has 0 saturated carbocycles. The van der Waals surface area contributed by atoms with Crippen molar-refractivity contribution in [3.05, 3.63) is 59.7 Å². The summed E-state index contributed by atoms with van der Waals surface area (Å²) in [5.74, 6) is -1.90. The Morgan fingerprint density at radius 2 is 1.90 bits per heavy atom. The number of urea groups is 1. The van der Waals surface area contributed by atoms with Gasteiger partial charge in [0.15, 0.2) is 0 Å². The fourth-order valence-corrected chi connectivity index (χ4v) is 3.04. The van der Waals surface area contributed by atoms with E-state index in [0.717, 1.165) is 12.1 Å². The molecular formula is C20H15F3N4O4. The number of halogens is 3. The van der Waals surface area contributed by atoms with Crippen LogP contribution in [0.3, 0.4) is 0 Å². The van der Waals surface area contributed by atoms with Crippen LogP contribution in [-0.4, -0.2) is 35.7 Å². The molecule has 0 spiro atoms. The van der Waals surface area contributed by atoms with E-state index in [1.165, 1.54) is 25.1 Å². The Labute approximate surface area is 174 Å². The fourth-order valence-electron chi connectivity index (χ4n) is 3.04. The molecule has 1 heterocycles. The third-order valence-electron chi connectivity index (χ3n) is 4.52. The van der Waals surface area contributed by atoms with Gasteiger partial charge in [-0.25, -0.2) is 4.79 Å². The molecule has 0 radical (unpaired) electrons. The zero-order valence-electron chi connectivity index (χ0n) is 16.0. The van der Waals surface area contributed by atoms with Crippen molar-refractivity contribution < 1.29 is 32.3 Å². The number of alkyl halides is 3. The van der Waals surface area contributed by atoms with Crippen molar-refractivity contribution in [3.63, 3.8) is 0 Å². The summed E-state index contributed by atoms with van der Waals surface area (Å²) in [5, 5.41) is 13.8. The molecular weight excluding hydrogens is 417 g/mol. The van der Waals surface area contributed by atoms with E-state index < -0.39 is 42.0 Å². The molecule has 1 atom stereocenters. The summed E-state index contributed by atoms with van der Waals surface area (Å²) in [6.45, 7) is 0.785. The summed E-state index contributed by atoms with van der Waals surface area (Å²) in [4.78, 5) is 38.2. The Kier molecular flexibility index (Phi) is 5.57. The predicted molar refractivity (Wildman–Crippen MR) is 101 cm³/mol. The minimum atomic E-state index is -4.86. The Morgan fingerprint density at radius 3 is 2.52 bits per heavy atom. The van der Waals surface area contributed by atoms with Crippen LogP contribution in [0.25, 0.3) is 0 Å². The molecule has 31 heavy (non-hydrogen) atoms. The van der Waals surface area contributed by atoms with Crippen LogP contribution < -0.4 is 15.4 Å². The van der Waals surface area contributed by atoms with Gasteiger partial charge in [0.05, 0.1) is 11.6 Å². The molecule has 1 aliphatic heterocycles. The van der Waals surface area contributed by atoms with Crippen LogP contribution in [0.2, 0.25) is 0 Å². The number of benzene rings is 2. The van der Waals surface area contributed by atoms with Crippen molar-refractivity contribution in [1.82, 2.24) is 10.2 Å². The Balaban J connectivity index is 1.72. The van der Waals surface area contributed by atoms with E-state index >= 15 is 0 Å². The second-order valence-electron chi connectivity index (χ2n) is 6.76. The number of amides is 4. The highest BCUT2D eigenvalue weighted by atomic mass is 19.4. The number of hydrogen-bond acceptors (Lipinski definition) is 5. The maximum absolute atomic E-state index is 12.8. The fraction of sp³-hybridized carbons (Fsp3) is 0.200. The van der Waals surface area contributed by atoms with Gasteiger partial charge in [-0.15, -0.1) is 13.2 Å². The van der Waals surface area contributed by atoms with Crippen LogP contribution in [0.15, 0.2) is 48.5 Å². The molecule has 160 valence electrons. The second kappa shape index (κ2) is 7.98. The van der Waals surface area contributed by atoms with Crippen LogP contribution in [0.4, 0.5) is 23.7 Å². The average Bonchev–Trinajstić information content (AvgIpc) is 2.91. The summed E-state index contributed by atoms with van der Waals surface area (Å²) < 4.78 is 40.7. The zero-order chi connectivity index (χ0) is 22.8. The quantitative estimate of drug-likeness (QED) is 0.706. The summed E-state index contributed by atoms with van der Waals surface area (Å²) in [7, 11) is 0. The maximum atomic E-state index is 12.8. The Hall–Kier alpha value is -4.07. The third kappa shape index (κ3) is 4.75. The number of hydrogen-bond donors (Lipinski definition) is 2. The molecule has 2 aromatic carbocycles. The number of carbonyl (C=O) groups excluding carboxylic acids is 3. The van der Waals surface area contributed by atoms with Gasteiger partial charge in [0.2, 0.25) is 5.91 Å². The number of imide groups is 1. The lowest BCUT2D eigenvalue weighted by molar-refractivity contribution is -0.274. The lowest BCUT2D eigenvalue weighted by Gasteiger charge is -2.22. The number of ether oxygens (including phenoxy) is 1. The highest BCUT2D eigenvalue weighted by molar-refractivity contribution is 6.10. The maximum Gasteiger partial charge on any atom is 0.573 e. The molecule has 2 N–H and O–H groups in total. The first-order valence-electron chi connectivity index (χ1n) is 8.82. The van der Waals surface area contributed by atoms with Crippen LogP contribution in [0.5, 0.6) is 5.75 Å². The molecule has 0 aliphatic carbocycles. The van der Waals surface area contributed by atoms with Crippen molar-refractivity contribution in [1.29, 1.82) is 5.26 Å². The number of carbonyl (C=O) groups is 3. The Morgan fingerprint density at radius 1 is 1.23 bits per heavy atom. The number of anilines is 1. The smallest absolute Gasteiger partial charge is 0.406 e. The van der Waals surface area contributed by atoms with Crippen molar-refractivity contribution in [2.75, 3.05) is 11.9 Å². The summed E-state index contributed by atoms with van der Waals surface area (Å²) in [6, 6.07) is 11.6. The highest BCUT2D eigenvalue weighted by Gasteiger charge is 2.49. The van der Waals surface area contributed by atoms with E-state index in [1.54, 1.807) is 18.2 Å². The molecule has 1 fully saturated rings. The first-order valence-corrected chi connectivity index (χ1v) is 8.82. The molecule has 2 aromatic rings. The largest absolute Gasteiger partial charge is 0.573 e. The molecule has 1 aliphatic rings. The third-order valence-corrected chi connectivity index (χ3v) is 4.52. The number of nitriles is 1. The highest BCUT2D eigenvalue weighted by Crippen LogP contribution is 2.31. The summed E-state index contributed by atoms with van der Waals surface area (Å²) in [6.07, 6.45) is -4.86. The van der Waals surface area contributed by atoms with Gasteiger partial charge < -0.3 is 15.4 Å². The van der Waals surface area contributed by atoms with Gasteiger partial charge in [-0.05, 0) is 42.8 Å². The second-order valence-corrected chi connectivity index (χ2v) is 6.76. The van der Waals surface area contributed by atoms with Crippen LogP contribution in [0, 0.1) is 11.3 Å². The van der Waals surface area contributed by atoms with E-state index in [1.807, 2.05) is 6.07 Å². The molecule has 4 amide bonds. The first-order chi connectivity index (χ1) is 14.5. The molecule has 11 heteroatoms. The van der Waals surface area contributed by atoms with Crippen molar-refractivity contribution in [2.24, 2.45) is 0 Å². The van der Waals surface area contributed by atoms with Crippen LogP contribution in [-0.2, 0) is 15.1 Å². The van der Waals surface area contributed by atoms with Gasteiger partial charge in [-0.3, -0.25) is 14.5 Å². The van der Waals surface area contributed by atoms with Crippen molar-refractivity contribution >= 4 is 23.5 Å². The van der Waals surface area contributed by atoms with Gasteiger partial charge >= 0.3 is 12.4 Å². The van der Waals surface area contributed by atoms with E-state index in [2.05, 4.69) is 15.4 Å². The predicted octanol–water partition coefficient (Wildman–Crippen LogP) is 2.86. The van der Waals surface area contributed by atoms with Gasteiger partial charge in [-0.2, -0.15) is 5.26 Å². The first kappa shape index (κ1) is 21.6. The number of rotatable bonds is 5. The normalized spacial score (nSPS) is 18.4. The SMILES string of the molecule is CC1(c2ccc(OC(F)(F)F)cc2)NC(=O)N(CC(=O)Nc2cccc(C#N)c2)C1=O. The standard InChI is InChI=1S/C20H15F3N4O4/c1-19(13-5-7-15(8-6-13)31-20(21,22)23)17(29)27(18(30)26-19)11-16(28)25-14-4-2-3-12(9-14)10-24/h2-9H,11H2,1H3,(H,25,28)(H,26,30). The molecule has 0 aromatic heterocycles. The minimum absolute atomic E-state index is 0.213. The van der Waals surface area contributed by atoms with E-state index in [0.29, 0.717) is 16.2 Å². The van der Waals surface area contributed by atoms with Gasteiger partial charge in [0, 0.05) is 5.69 Å². The van der Waals surface area contributed by atoms with E-state index in [-0.39, 0.29) is 5.56 Å². The van der Waals surface area contributed by atoms with E-state index in [4.69, 9.17) is 5.26 Å². The molecule has 8 nitrogen and oxygen atoms in total. The summed E-state index contributed by atoms with van der Waals surface area (Å²) >= 11 is 0. The van der Waals surface area contributed by atoms with Crippen LogP contribution >= 0.6 is 0 Å². The van der Waals surface area contributed by atoms with Gasteiger partial charge in [0.25, 0.3) is 5.91 Å². The molecule has 1 saturated heterocycles. The van der Waals surface area contributed by atoms with E-state index in [9.17, 15) is 27.6 Å². The summed E-state index contributed by atoms with van der Waals surface area (Å²) in [5.41, 5.74) is -0.725. The average molecular weight is 432 g/mol. The molecule has 3 rings (SSSR count). The van der Waals surface area contributed by atoms with Crippen molar-refractivity contribution in [3.8, 4) is 11.8 Å². The topological polar surface area (TPSA) is 112 Å². The molecule has 1 unspecified atom stereocenters. The van der Waals surface area contributed by atoms with Gasteiger partial charge in [-0.1, -0.05) is 18.2 Å².